The first-order chi connectivity index (χ1) is 14.5. The van der Waals surface area contributed by atoms with E-state index in [1.54, 1.807) is 0 Å². The highest BCUT2D eigenvalue weighted by Gasteiger charge is 2.23. The smallest absolute Gasteiger partial charge is 0.407 e. The molecule has 30 heavy (non-hydrogen) atoms. The van der Waals surface area contributed by atoms with Crippen molar-refractivity contribution >= 4 is 12.1 Å². The Bertz CT molecular complexity index is 600. The maximum absolute atomic E-state index is 12.6. The molecule has 0 spiro atoms. The van der Waals surface area contributed by atoms with Gasteiger partial charge in [-0.2, -0.15) is 0 Å². The van der Waals surface area contributed by atoms with Crippen LogP contribution in [-0.2, 0) is 20.7 Å². The molecular formula is C25H39NO4. The van der Waals surface area contributed by atoms with Crippen molar-refractivity contribution in [3.63, 3.8) is 0 Å². The average molecular weight is 418 g/mol. The van der Waals surface area contributed by atoms with E-state index in [1.807, 2.05) is 50.3 Å². The third kappa shape index (κ3) is 13.0. The van der Waals surface area contributed by atoms with Crippen LogP contribution in [0.5, 0.6) is 0 Å². The highest BCUT2D eigenvalue weighted by Crippen LogP contribution is 2.10. The first-order valence-corrected chi connectivity index (χ1v) is 11.3. The first-order valence-electron chi connectivity index (χ1n) is 11.3. The monoisotopic (exact) mass is 417 g/mol. The Morgan fingerprint density at radius 3 is 2.23 bits per heavy atom. The molecule has 5 heteroatoms. The van der Waals surface area contributed by atoms with Crippen LogP contribution < -0.4 is 5.32 Å². The van der Waals surface area contributed by atoms with Gasteiger partial charge in [0.15, 0.2) is 0 Å². The number of alkyl carbamates (subject to hydrolysis) is 1. The van der Waals surface area contributed by atoms with Gasteiger partial charge in [-0.1, -0.05) is 82.4 Å². The van der Waals surface area contributed by atoms with Gasteiger partial charge in [0.2, 0.25) is 0 Å². The highest BCUT2D eigenvalue weighted by molar-refractivity contribution is 5.81. The summed E-state index contributed by atoms with van der Waals surface area (Å²) < 4.78 is 10.6. The largest absolute Gasteiger partial charge is 0.464 e. The Kier molecular flexibility index (Phi) is 14.1. The summed E-state index contributed by atoms with van der Waals surface area (Å²) in [5, 5.41) is 2.66. The molecule has 1 atom stereocenters. The minimum absolute atomic E-state index is 0.234. The highest BCUT2D eigenvalue weighted by atomic mass is 16.6. The van der Waals surface area contributed by atoms with Crippen molar-refractivity contribution < 1.29 is 19.1 Å². The summed E-state index contributed by atoms with van der Waals surface area (Å²) in [6.07, 6.45) is 10.8. The van der Waals surface area contributed by atoms with Gasteiger partial charge in [-0.05, 0) is 30.7 Å². The normalized spacial score (nSPS) is 11.7. The number of hydrogen-bond acceptors (Lipinski definition) is 4. The molecule has 0 aliphatic heterocycles. The summed E-state index contributed by atoms with van der Waals surface area (Å²) in [5.41, 5.74) is 0.958. The second-order valence-electron chi connectivity index (χ2n) is 8.10. The molecule has 1 N–H and O–H groups in total. The van der Waals surface area contributed by atoms with Gasteiger partial charge >= 0.3 is 12.1 Å². The van der Waals surface area contributed by atoms with Crippen LogP contribution in [0, 0.1) is 5.92 Å². The fourth-order valence-electron chi connectivity index (χ4n) is 3.02. The molecule has 0 fully saturated rings. The lowest BCUT2D eigenvalue weighted by molar-refractivity contribution is -0.146. The third-order valence-electron chi connectivity index (χ3n) is 4.70. The zero-order chi connectivity index (χ0) is 22.0. The van der Waals surface area contributed by atoms with E-state index in [9.17, 15) is 9.59 Å². The number of rotatable bonds is 16. The van der Waals surface area contributed by atoms with E-state index in [1.165, 1.54) is 25.7 Å². The van der Waals surface area contributed by atoms with E-state index >= 15 is 0 Å². The standard InChI is InChI=1S/C25H39NO4/c1-4-5-6-7-8-9-10-11-15-18-29-24(27)23(19-22-16-13-12-14-17-22)26-25(28)30-20-21(2)3/h4,12-14,16-17,21,23H,1,5-11,15,18-20H2,2-3H3,(H,26,28). The van der Waals surface area contributed by atoms with Crippen LogP contribution in [0.2, 0.25) is 0 Å². The fourth-order valence-corrected chi connectivity index (χ4v) is 3.02. The summed E-state index contributed by atoms with van der Waals surface area (Å²) in [4.78, 5) is 24.6. The Morgan fingerprint density at radius 2 is 1.60 bits per heavy atom. The van der Waals surface area contributed by atoms with E-state index < -0.39 is 18.1 Å². The number of unbranched alkanes of at least 4 members (excludes halogenated alkanes) is 7. The number of nitrogens with one attached hydrogen (secondary N) is 1. The van der Waals surface area contributed by atoms with Crippen molar-refractivity contribution in [1.82, 2.24) is 5.32 Å². The number of esters is 1. The second-order valence-corrected chi connectivity index (χ2v) is 8.10. The van der Waals surface area contributed by atoms with Crippen molar-refractivity contribution in [3.05, 3.63) is 48.6 Å². The van der Waals surface area contributed by atoms with Crippen LogP contribution in [-0.4, -0.2) is 31.3 Å². The fraction of sp³-hybridized carbons (Fsp3) is 0.600. The Morgan fingerprint density at radius 1 is 0.967 bits per heavy atom. The summed E-state index contributed by atoms with van der Waals surface area (Å²) in [6, 6.07) is 8.84. The third-order valence-corrected chi connectivity index (χ3v) is 4.70. The lowest BCUT2D eigenvalue weighted by atomic mass is 10.1. The number of allylic oxidation sites excluding steroid dienone is 1. The summed E-state index contributed by atoms with van der Waals surface area (Å²) in [5.74, 6) is -0.179. The van der Waals surface area contributed by atoms with E-state index in [0.717, 1.165) is 31.2 Å². The molecule has 1 rings (SSSR count). The molecule has 1 amide bonds. The van der Waals surface area contributed by atoms with E-state index in [-0.39, 0.29) is 5.92 Å². The molecule has 0 saturated heterocycles. The molecule has 0 saturated carbocycles. The van der Waals surface area contributed by atoms with Crippen molar-refractivity contribution in [3.8, 4) is 0 Å². The summed E-state index contributed by atoms with van der Waals surface area (Å²) in [6.45, 7) is 8.35. The minimum atomic E-state index is -0.753. The zero-order valence-electron chi connectivity index (χ0n) is 18.7. The number of carbonyl (C=O) groups is 2. The number of carbonyl (C=O) groups excluding carboxylic acids is 2. The van der Waals surface area contributed by atoms with Crippen LogP contribution in [0.25, 0.3) is 0 Å². The van der Waals surface area contributed by atoms with Crippen molar-refractivity contribution in [1.29, 1.82) is 0 Å². The Hall–Kier alpha value is -2.30. The molecule has 0 bridgehead atoms. The molecule has 0 heterocycles. The molecule has 0 aromatic heterocycles. The van der Waals surface area contributed by atoms with E-state index in [0.29, 0.717) is 19.6 Å². The minimum Gasteiger partial charge on any atom is -0.464 e. The molecule has 0 aliphatic rings. The Balaban J connectivity index is 2.35. The Labute approximate surface area is 182 Å². The van der Waals surface area contributed by atoms with Crippen LogP contribution in [0.1, 0.15) is 70.8 Å². The maximum Gasteiger partial charge on any atom is 0.407 e. The SMILES string of the molecule is C=CCCCCCCCCCOC(=O)C(Cc1ccccc1)NC(=O)OCC(C)C. The summed E-state index contributed by atoms with van der Waals surface area (Å²) in [7, 11) is 0. The van der Waals surface area contributed by atoms with Crippen LogP contribution in [0.4, 0.5) is 4.79 Å². The predicted octanol–water partition coefficient (Wildman–Crippen LogP) is 5.83. The number of benzene rings is 1. The predicted molar refractivity (Wildman–Crippen MR) is 121 cm³/mol. The van der Waals surface area contributed by atoms with Gasteiger partial charge in [-0.3, -0.25) is 0 Å². The van der Waals surface area contributed by atoms with E-state index in [4.69, 9.17) is 9.47 Å². The van der Waals surface area contributed by atoms with Gasteiger partial charge in [-0.25, -0.2) is 9.59 Å². The number of ether oxygens (including phenoxy) is 2. The van der Waals surface area contributed by atoms with Crippen molar-refractivity contribution in [2.75, 3.05) is 13.2 Å². The van der Waals surface area contributed by atoms with Crippen LogP contribution >= 0.6 is 0 Å². The van der Waals surface area contributed by atoms with Gasteiger partial charge in [0, 0.05) is 6.42 Å². The molecule has 168 valence electrons. The van der Waals surface area contributed by atoms with Gasteiger partial charge in [0.1, 0.15) is 6.04 Å². The lowest BCUT2D eigenvalue weighted by Gasteiger charge is -2.18. The topological polar surface area (TPSA) is 64.6 Å². The van der Waals surface area contributed by atoms with Gasteiger partial charge < -0.3 is 14.8 Å². The van der Waals surface area contributed by atoms with Gasteiger partial charge in [-0.15, -0.1) is 6.58 Å². The van der Waals surface area contributed by atoms with Gasteiger partial charge in [0.05, 0.1) is 13.2 Å². The molecular weight excluding hydrogens is 378 g/mol. The second kappa shape index (κ2) is 16.5. The van der Waals surface area contributed by atoms with Crippen LogP contribution in [0.15, 0.2) is 43.0 Å². The van der Waals surface area contributed by atoms with E-state index in [2.05, 4.69) is 11.9 Å². The zero-order valence-corrected chi connectivity index (χ0v) is 18.7. The van der Waals surface area contributed by atoms with Crippen LogP contribution in [0.3, 0.4) is 0 Å². The van der Waals surface area contributed by atoms with Crippen molar-refractivity contribution in [2.24, 2.45) is 5.92 Å². The molecule has 0 aliphatic carbocycles. The quantitative estimate of drug-likeness (QED) is 0.209. The first kappa shape index (κ1) is 25.7. The van der Waals surface area contributed by atoms with Gasteiger partial charge in [0.25, 0.3) is 0 Å². The molecule has 1 unspecified atom stereocenters. The number of amides is 1. The summed E-state index contributed by atoms with van der Waals surface area (Å²) >= 11 is 0. The molecule has 5 nitrogen and oxygen atoms in total. The maximum atomic E-state index is 12.6. The molecule has 1 aromatic carbocycles. The lowest BCUT2D eigenvalue weighted by Crippen LogP contribution is -2.44. The molecule has 1 aromatic rings. The number of hydrogen-bond donors (Lipinski definition) is 1. The van der Waals surface area contributed by atoms with Crippen molar-refractivity contribution in [2.45, 2.75) is 77.7 Å². The molecule has 0 radical (unpaired) electrons. The average Bonchev–Trinajstić information content (AvgIpc) is 2.73.